The van der Waals surface area contributed by atoms with Crippen LogP contribution in [0.1, 0.15) is 17.3 Å². The summed E-state index contributed by atoms with van der Waals surface area (Å²) < 4.78 is 6.96. The lowest BCUT2D eigenvalue weighted by molar-refractivity contribution is 0.102. The molecule has 0 unspecified atom stereocenters. The van der Waals surface area contributed by atoms with E-state index in [4.69, 9.17) is 10.5 Å². The van der Waals surface area contributed by atoms with Crippen LogP contribution in [-0.4, -0.2) is 22.3 Å². The van der Waals surface area contributed by atoms with Crippen molar-refractivity contribution in [3.05, 3.63) is 36.0 Å². The third kappa shape index (κ3) is 3.25. The van der Waals surface area contributed by atoms with E-state index in [-0.39, 0.29) is 5.91 Å². The number of nitrogens with two attached hydrogens (primary N) is 1. The maximum atomic E-state index is 12.1. The molecule has 1 aromatic carbocycles. The first-order valence-corrected chi connectivity index (χ1v) is 5.93. The van der Waals surface area contributed by atoms with Gasteiger partial charge in [-0.25, -0.2) is 0 Å². The molecule has 1 amide bonds. The maximum absolute atomic E-state index is 12.1. The average Bonchev–Trinajstić information content (AvgIpc) is 2.74. The van der Waals surface area contributed by atoms with Crippen LogP contribution in [0.25, 0.3) is 0 Å². The van der Waals surface area contributed by atoms with Crippen molar-refractivity contribution in [2.45, 2.75) is 6.92 Å². The van der Waals surface area contributed by atoms with Crippen molar-refractivity contribution in [2.24, 2.45) is 7.05 Å². The second kappa shape index (κ2) is 5.43. The lowest BCUT2D eigenvalue weighted by Gasteiger charge is -2.07. The summed E-state index contributed by atoms with van der Waals surface area (Å²) in [6.45, 7) is 2.39. The van der Waals surface area contributed by atoms with Crippen molar-refractivity contribution in [1.82, 2.24) is 9.78 Å². The highest BCUT2D eigenvalue weighted by molar-refractivity contribution is 6.04. The number of ether oxygens (including phenoxy) is 1. The van der Waals surface area contributed by atoms with E-state index < -0.39 is 0 Å². The van der Waals surface area contributed by atoms with Crippen LogP contribution < -0.4 is 15.8 Å². The second-order valence-electron chi connectivity index (χ2n) is 4.05. The van der Waals surface area contributed by atoms with Gasteiger partial charge < -0.3 is 15.8 Å². The third-order valence-electron chi connectivity index (χ3n) is 2.46. The fourth-order valence-corrected chi connectivity index (χ4v) is 1.67. The van der Waals surface area contributed by atoms with Gasteiger partial charge in [-0.3, -0.25) is 9.48 Å². The summed E-state index contributed by atoms with van der Waals surface area (Å²) in [6.07, 6.45) is 1.75. The zero-order chi connectivity index (χ0) is 13.8. The molecule has 0 atom stereocenters. The standard InChI is InChI=1S/C13H16N4O2/c1-3-19-11-7-9(6-10(14)8-11)13(18)15-12-4-5-17(2)16-12/h4-8H,3,14H2,1-2H3,(H,15,16,18). The Bertz CT molecular complexity index is 592. The Hall–Kier alpha value is -2.50. The molecule has 0 saturated carbocycles. The molecule has 19 heavy (non-hydrogen) atoms. The van der Waals surface area contributed by atoms with E-state index >= 15 is 0 Å². The van der Waals surface area contributed by atoms with E-state index in [0.717, 1.165) is 0 Å². The number of nitrogens with one attached hydrogen (secondary N) is 1. The lowest BCUT2D eigenvalue weighted by atomic mass is 10.1. The van der Waals surface area contributed by atoms with Gasteiger partial charge in [-0.1, -0.05) is 0 Å². The van der Waals surface area contributed by atoms with Crippen LogP contribution in [-0.2, 0) is 7.05 Å². The van der Waals surface area contributed by atoms with Crippen LogP contribution in [0.4, 0.5) is 11.5 Å². The first-order chi connectivity index (χ1) is 9.08. The van der Waals surface area contributed by atoms with Gasteiger partial charge in [-0.15, -0.1) is 0 Å². The number of nitrogen functional groups attached to an aromatic ring is 1. The Morgan fingerprint density at radius 3 is 2.89 bits per heavy atom. The second-order valence-corrected chi connectivity index (χ2v) is 4.05. The SMILES string of the molecule is CCOc1cc(N)cc(C(=O)Nc2ccn(C)n2)c1. The third-order valence-corrected chi connectivity index (χ3v) is 2.46. The van der Waals surface area contributed by atoms with Gasteiger partial charge >= 0.3 is 0 Å². The van der Waals surface area contributed by atoms with Crippen molar-refractivity contribution in [2.75, 3.05) is 17.7 Å². The van der Waals surface area contributed by atoms with E-state index in [1.165, 1.54) is 0 Å². The van der Waals surface area contributed by atoms with Crippen molar-refractivity contribution in [3.63, 3.8) is 0 Å². The number of benzene rings is 1. The summed E-state index contributed by atoms with van der Waals surface area (Å²) in [5.41, 5.74) is 6.67. The Morgan fingerprint density at radius 2 is 2.26 bits per heavy atom. The molecule has 2 rings (SSSR count). The number of carbonyl (C=O) groups is 1. The number of amides is 1. The van der Waals surface area contributed by atoms with Gasteiger partial charge in [0.1, 0.15) is 5.75 Å². The minimum atomic E-state index is -0.271. The summed E-state index contributed by atoms with van der Waals surface area (Å²) in [5.74, 6) is 0.800. The van der Waals surface area contributed by atoms with Gasteiger partial charge in [0.15, 0.2) is 5.82 Å². The molecule has 0 saturated heterocycles. The first kappa shape index (κ1) is 12.9. The number of nitrogens with zero attached hydrogens (tertiary/aromatic N) is 2. The van der Waals surface area contributed by atoms with Crippen molar-refractivity contribution < 1.29 is 9.53 Å². The Balaban J connectivity index is 2.18. The smallest absolute Gasteiger partial charge is 0.257 e. The number of carbonyl (C=O) groups excluding carboxylic acids is 1. The molecular weight excluding hydrogens is 244 g/mol. The molecule has 0 fully saturated rings. The first-order valence-electron chi connectivity index (χ1n) is 5.93. The van der Waals surface area contributed by atoms with Crippen LogP contribution in [0.5, 0.6) is 5.75 Å². The van der Waals surface area contributed by atoms with Gasteiger partial charge in [-0.2, -0.15) is 5.10 Å². The van der Waals surface area contributed by atoms with E-state index in [0.29, 0.717) is 29.4 Å². The molecule has 3 N–H and O–H groups in total. The highest BCUT2D eigenvalue weighted by Gasteiger charge is 2.10. The van der Waals surface area contributed by atoms with Crippen molar-refractivity contribution in [1.29, 1.82) is 0 Å². The number of rotatable bonds is 4. The number of hydrogen-bond donors (Lipinski definition) is 2. The fourth-order valence-electron chi connectivity index (χ4n) is 1.67. The molecule has 0 aliphatic carbocycles. The van der Waals surface area contributed by atoms with Gasteiger partial charge in [0.05, 0.1) is 6.61 Å². The van der Waals surface area contributed by atoms with Crippen LogP contribution >= 0.6 is 0 Å². The summed E-state index contributed by atoms with van der Waals surface area (Å²) in [6, 6.07) is 6.65. The predicted molar refractivity (Wildman–Crippen MR) is 73.2 cm³/mol. The lowest BCUT2D eigenvalue weighted by Crippen LogP contribution is -2.13. The minimum absolute atomic E-state index is 0.271. The summed E-state index contributed by atoms with van der Waals surface area (Å²) in [7, 11) is 1.78. The number of aromatic nitrogens is 2. The molecule has 0 aliphatic heterocycles. The van der Waals surface area contributed by atoms with Gasteiger partial charge in [-0.05, 0) is 19.1 Å². The van der Waals surface area contributed by atoms with Crippen LogP contribution in [0.15, 0.2) is 30.5 Å². The number of anilines is 2. The van der Waals surface area contributed by atoms with Crippen LogP contribution in [0.2, 0.25) is 0 Å². The Labute approximate surface area is 111 Å². The Morgan fingerprint density at radius 1 is 1.47 bits per heavy atom. The van der Waals surface area contributed by atoms with Crippen molar-refractivity contribution in [3.8, 4) is 5.75 Å². The molecule has 100 valence electrons. The fraction of sp³-hybridized carbons (Fsp3) is 0.231. The van der Waals surface area contributed by atoms with E-state index in [2.05, 4.69) is 10.4 Å². The highest BCUT2D eigenvalue weighted by atomic mass is 16.5. The molecule has 6 nitrogen and oxygen atoms in total. The van der Waals surface area contributed by atoms with Crippen LogP contribution in [0, 0.1) is 0 Å². The summed E-state index contributed by atoms with van der Waals surface area (Å²) >= 11 is 0. The molecule has 0 radical (unpaired) electrons. The normalized spacial score (nSPS) is 10.2. The molecule has 2 aromatic rings. The topological polar surface area (TPSA) is 82.2 Å². The van der Waals surface area contributed by atoms with E-state index in [9.17, 15) is 4.79 Å². The molecule has 1 heterocycles. The minimum Gasteiger partial charge on any atom is -0.494 e. The summed E-state index contributed by atoms with van der Waals surface area (Å²) in [5, 5.41) is 6.77. The molecule has 0 bridgehead atoms. The van der Waals surface area contributed by atoms with Gasteiger partial charge in [0, 0.05) is 36.6 Å². The van der Waals surface area contributed by atoms with Gasteiger partial charge in [0.25, 0.3) is 5.91 Å². The quantitative estimate of drug-likeness (QED) is 0.819. The van der Waals surface area contributed by atoms with Crippen molar-refractivity contribution >= 4 is 17.4 Å². The molecule has 1 aromatic heterocycles. The van der Waals surface area contributed by atoms with E-state index in [1.807, 2.05) is 6.92 Å². The predicted octanol–water partition coefficient (Wildman–Crippen LogP) is 1.65. The summed E-state index contributed by atoms with van der Waals surface area (Å²) in [4.78, 5) is 12.1. The zero-order valence-electron chi connectivity index (χ0n) is 10.9. The average molecular weight is 260 g/mol. The Kier molecular flexibility index (Phi) is 3.70. The molecule has 6 heteroatoms. The molecule has 0 aliphatic rings. The highest BCUT2D eigenvalue weighted by Crippen LogP contribution is 2.19. The molecule has 0 spiro atoms. The maximum Gasteiger partial charge on any atom is 0.257 e. The van der Waals surface area contributed by atoms with E-state index in [1.54, 1.807) is 42.2 Å². The van der Waals surface area contributed by atoms with Gasteiger partial charge in [0.2, 0.25) is 0 Å². The molecular formula is C13H16N4O2. The monoisotopic (exact) mass is 260 g/mol. The zero-order valence-corrected chi connectivity index (χ0v) is 10.9. The van der Waals surface area contributed by atoms with Crippen LogP contribution in [0.3, 0.4) is 0 Å². The number of aryl methyl sites for hydroxylation is 1. The number of hydrogen-bond acceptors (Lipinski definition) is 4. The largest absolute Gasteiger partial charge is 0.494 e.